The number of carbonyl (C=O) groups excluding carboxylic acids is 5. The van der Waals surface area contributed by atoms with E-state index in [0.29, 0.717) is 18.9 Å². The summed E-state index contributed by atoms with van der Waals surface area (Å²) in [4.78, 5) is 61.3. The standard InChI is InChI=1S/C19H23N3O6/c1-10(2)7-8-22-16(24)13-6-5-12(9-14(13)17(22)25)18(26)28-11(3)15(23)21-19(27)20-4/h5-6,9-11H,7-8H2,1-4H3,(H2,20,21,23,27)/t11-/m0/s1. The van der Waals surface area contributed by atoms with Gasteiger partial charge in [0.25, 0.3) is 17.7 Å². The van der Waals surface area contributed by atoms with Crippen molar-refractivity contribution in [3.8, 4) is 0 Å². The fourth-order valence-electron chi connectivity index (χ4n) is 2.57. The van der Waals surface area contributed by atoms with Crippen LogP contribution >= 0.6 is 0 Å². The van der Waals surface area contributed by atoms with Gasteiger partial charge in [-0.25, -0.2) is 9.59 Å². The number of fused-ring (bicyclic) bond motifs is 1. The maximum Gasteiger partial charge on any atom is 0.338 e. The van der Waals surface area contributed by atoms with E-state index >= 15 is 0 Å². The van der Waals surface area contributed by atoms with Crippen LogP contribution in [0.1, 0.15) is 58.3 Å². The summed E-state index contributed by atoms with van der Waals surface area (Å²) >= 11 is 0. The summed E-state index contributed by atoms with van der Waals surface area (Å²) in [5.41, 5.74) is 0.395. The van der Waals surface area contributed by atoms with Crippen LogP contribution in [0, 0.1) is 5.92 Å². The first kappa shape index (κ1) is 21.1. The summed E-state index contributed by atoms with van der Waals surface area (Å²) in [6.07, 6.45) is -0.545. The number of rotatable bonds is 6. The molecule has 0 saturated carbocycles. The van der Waals surface area contributed by atoms with Crippen molar-refractivity contribution in [3.63, 3.8) is 0 Å². The summed E-state index contributed by atoms with van der Waals surface area (Å²) in [6, 6.07) is 3.32. The van der Waals surface area contributed by atoms with Crippen molar-refractivity contribution < 1.29 is 28.7 Å². The number of nitrogens with one attached hydrogen (secondary N) is 2. The van der Waals surface area contributed by atoms with Gasteiger partial charge in [0, 0.05) is 13.6 Å². The first-order chi connectivity index (χ1) is 13.1. The molecule has 0 fully saturated rings. The van der Waals surface area contributed by atoms with Crippen molar-refractivity contribution in [2.45, 2.75) is 33.3 Å². The maximum absolute atomic E-state index is 12.5. The molecule has 2 N–H and O–H groups in total. The molecule has 0 aliphatic carbocycles. The van der Waals surface area contributed by atoms with E-state index in [0.717, 1.165) is 0 Å². The Morgan fingerprint density at radius 3 is 2.32 bits per heavy atom. The minimum absolute atomic E-state index is 0.0326. The van der Waals surface area contributed by atoms with Gasteiger partial charge >= 0.3 is 12.0 Å². The van der Waals surface area contributed by atoms with Gasteiger partial charge in [0.2, 0.25) is 0 Å². The van der Waals surface area contributed by atoms with Crippen molar-refractivity contribution in [1.82, 2.24) is 15.5 Å². The topological polar surface area (TPSA) is 122 Å². The van der Waals surface area contributed by atoms with Gasteiger partial charge in [-0.1, -0.05) is 13.8 Å². The second-order valence-corrected chi connectivity index (χ2v) is 6.82. The van der Waals surface area contributed by atoms with E-state index in [4.69, 9.17) is 4.74 Å². The van der Waals surface area contributed by atoms with Crippen molar-refractivity contribution in [3.05, 3.63) is 34.9 Å². The summed E-state index contributed by atoms with van der Waals surface area (Å²) in [5.74, 6) is -2.15. The number of hydrogen-bond acceptors (Lipinski definition) is 6. The van der Waals surface area contributed by atoms with Gasteiger partial charge in [-0.2, -0.15) is 0 Å². The maximum atomic E-state index is 12.5. The van der Waals surface area contributed by atoms with E-state index in [9.17, 15) is 24.0 Å². The molecule has 0 saturated heterocycles. The van der Waals surface area contributed by atoms with Crippen LogP contribution in [0.5, 0.6) is 0 Å². The Bertz CT molecular complexity index is 833. The van der Waals surface area contributed by atoms with Gasteiger partial charge in [-0.3, -0.25) is 24.6 Å². The van der Waals surface area contributed by atoms with E-state index in [-0.39, 0.29) is 22.6 Å². The molecule has 0 bridgehead atoms. The predicted octanol–water partition coefficient (Wildman–Crippen LogP) is 1.33. The minimum Gasteiger partial charge on any atom is -0.449 e. The third kappa shape index (κ3) is 4.54. The normalized spacial score (nSPS) is 14.0. The average Bonchev–Trinajstić information content (AvgIpc) is 2.89. The number of benzene rings is 1. The molecule has 9 nitrogen and oxygen atoms in total. The van der Waals surface area contributed by atoms with Gasteiger partial charge in [0.1, 0.15) is 0 Å². The molecular formula is C19H23N3O6. The summed E-state index contributed by atoms with van der Waals surface area (Å²) in [5, 5.41) is 4.21. The smallest absolute Gasteiger partial charge is 0.338 e. The molecule has 1 heterocycles. The highest BCUT2D eigenvalue weighted by atomic mass is 16.5. The number of nitrogens with zero attached hydrogens (tertiary/aromatic N) is 1. The van der Waals surface area contributed by atoms with Crippen LogP contribution in [0.25, 0.3) is 0 Å². The molecule has 0 aromatic heterocycles. The zero-order valence-electron chi connectivity index (χ0n) is 16.2. The minimum atomic E-state index is -1.22. The van der Waals surface area contributed by atoms with Crippen molar-refractivity contribution in [1.29, 1.82) is 0 Å². The first-order valence-corrected chi connectivity index (χ1v) is 8.89. The lowest BCUT2D eigenvalue weighted by Crippen LogP contribution is -2.43. The third-order valence-corrected chi connectivity index (χ3v) is 4.25. The highest BCUT2D eigenvalue weighted by molar-refractivity contribution is 6.22. The Labute approximate surface area is 162 Å². The number of amides is 5. The van der Waals surface area contributed by atoms with E-state index in [1.807, 2.05) is 19.2 Å². The first-order valence-electron chi connectivity index (χ1n) is 8.89. The fraction of sp³-hybridized carbons (Fsp3) is 0.421. The van der Waals surface area contributed by atoms with Crippen molar-refractivity contribution in [2.75, 3.05) is 13.6 Å². The predicted molar refractivity (Wildman–Crippen MR) is 98.7 cm³/mol. The molecule has 150 valence electrons. The second kappa shape index (κ2) is 8.64. The van der Waals surface area contributed by atoms with E-state index in [1.54, 1.807) is 0 Å². The number of esters is 1. The number of urea groups is 1. The molecule has 2 rings (SSSR count). The largest absolute Gasteiger partial charge is 0.449 e. The van der Waals surface area contributed by atoms with E-state index in [2.05, 4.69) is 5.32 Å². The van der Waals surface area contributed by atoms with Crippen LogP contribution in [0.2, 0.25) is 0 Å². The molecule has 1 aromatic carbocycles. The molecule has 1 atom stereocenters. The van der Waals surface area contributed by atoms with Crippen LogP contribution in [-0.2, 0) is 9.53 Å². The second-order valence-electron chi connectivity index (χ2n) is 6.82. The van der Waals surface area contributed by atoms with Crippen LogP contribution in [0.15, 0.2) is 18.2 Å². The lowest BCUT2D eigenvalue weighted by atomic mass is 10.1. The highest BCUT2D eigenvalue weighted by Crippen LogP contribution is 2.25. The SMILES string of the molecule is CNC(=O)NC(=O)[C@H](C)OC(=O)c1ccc2c(c1)C(=O)N(CCC(C)C)C2=O. The van der Waals surface area contributed by atoms with Gasteiger partial charge in [0.15, 0.2) is 6.10 Å². The van der Waals surface area contributed by atoms with Crippen molar-refractivity contribution >= 4 is 29.7 Å². The van der Waals surface area contributed by atoms with E-state index in [1.165, 1.54) is 37.1 Å². The monoisotopic (exact) mass is 389 g/mol. The van der Waals surface area contributed by atoms with Crippen LogP contribution in [0.3, 0.4) is 0 Å². The van der Waals surface area contributed by atoms with Gasteiger partial charge < -0.3 is 10.1 Å². The molecule has 0 radical (unpaired) electrons. The number of ether oxygens (including phenoxy) is 1. The molecule has 0 spiro atoms. The molecule has 1 aliphatic heterocycles. The van der Waals surface area contributed by atoms with Gasteiger partial charge in [-0.15, -0.1) is 0 Å². The molecule has 9 heteroatoms. The fourth-order valence-corrected chi connectivity index (χ4v) is 2.57. The Morgan fingerprint density at radius 2 is 1.71 bits per heavy atom. The highest BCUT2D eigenvalue weighted by Gasteiger charge is 2.36. The molecular weight excluding hydrogens is 366 g/mol. The summed E-state index contributed by atoms with van der Waals surface area (Å²) < 4.78 is 5.03. The molecule has 0 unspecified atom stereocenters. The number of imide groups is 2. The number of carbonyl (C=O) groups is 5. The Balaban J connectivity index is 2.11. The quantitative estimate of drug-likeness (QED) is 0.559. The lowest BCUT2D eigenvalue weighted by Gasteiger charge is -2.14. The Morgan fingerprint density at radius 1 is 1.07 bits per heavy atom. The van der Waals surface area contributed by atoms with Gasteiger partial charge in [0.05, 0.1) is 16.7 Å². The number of hydrogen-bond donors (Lipinski definition) is 2. The lowest BCUT2D eigenvalue weighted by molar-refractivity contribution is -0.127. The third-order valence-electron chi connectivity index (χ3n) is 4.25. The van der Waals surface area contributed by atoms with Crippen LogP contribution < -0.4 is 10.6 Å². The summed E-state index contributed by atoms with van der Waals surface area (Å²) in [6.45, 7) is 5.60. The molecule has 1 aliphatic rings. The molecule has 28 heavy (non-hydrogen) atoms. The Hall–Kier alpha value is -3.23. The zero-order chi connectivity index (χ0) is 21.0. The van der Waals surface area contributed by atoms with Crippen LogP contribution in [0.4, 0.5) is 4.79 Å². The zero-order valence-corrected chi connectivity index (χ0v) is 16.2. The van der Waals surface area contributed by atoms with Crippen LogP contribution in [-0.4, -0.2) is 54.3 Å². The molecule has 1 aromatic rings. The van der Waals surface area contributed by atoms with Gasteiger partial charge in [-0.05, 0) is 37.5 Å². The summed E-state index contributed by atoms with van der Waals surface area (Å²) in [7, 11) is 1.34. The Kier molecular flexibility index (Phi) is 6.50. The average molecular weight is 389 g/mol. The molecule has 5 amide bonds. The van der Waals surface area contributed by atoms with Crippen molar-refractivity contribution in [2.24, 2.45) is 5.92 Å². The van der Waals surface area contributed by atoms with E-state index < -0.39 is 29.9 Å².